The van der Waals surface area contributed by atoms with Crippen molar-refractivity contribution in [2.45, 2.75) is 26.7 Å². The van der Waals surface area contributed by atoms with Gasteiger partial charge >= 0.3 is 0 Å². The average molecular weight is 292 g/mol. The molecule has 1 atom stereocenters. The topological polar surface area (TPSA) is 58.6 Å². The van der Waals surface area contributed by atoms with Gasteiger partial charge in [-0.05, 0) is 26.7 Å². The highest BCUT2D eigenvalue weighted by Gasteiger charge is 2.29. The summed E-state index contributed by atoms with van der Waals surface area (Å²) in [4.78, 5) is 24.9. The van der Waals surface area contributed by atoms with Crippen molar-refractivity contribution in [1.82, 2.24) is 14.9 Å². The van der Waals surface area contributed by atoms with Crippen molar-refractivity contribution in [2.75, 3.05) is 38.2 Å². The van der Waals surface area contributed by atoms with Crippen molar-refractivity contribution < 1.29 is 9.53 Å². The van der Waals surface area contributed by atoms with Gasteiger partial charge in [-0.2, -0.15) is 0 Å². The first kappa shape index (κ1) is 15.5. The molecule has 0 spiro atoms. The van der Waals surface area contributed by atoms with E-state index in [1.54, 1.807) is 7.11 Å². The molecular weight excluding hydrogens is 268 g/mol. The second-order valence-corrected chi connectivity index (χ2v) is 5.21. The van der Waals surface area contributed by atoms with Crippen molar-refractivity contribution in [3.05, 3.63) is 12.4 Å². The first-order chi connectivity index (χ1) is 10.2. The minimum atomic E-state index is 0.0552. The van der Waals surface area contributed by atoms with E-state index in [9.17, 15) is 4.79 Å². The molecule has 0 radical (unpaired) electrons. The van der Waals surface area contributed by atoms with E-state index in [0.29, 0.717) is 5.88 Å². The molecule has 0 N–H and O–H groups in total. The van der Waals surface area contributed by atoms with Gasteiger partial charge in [-0.3, -0.25) is 4.79 Å². The second-order valence-electron chi connectivity index (χ2n) is 5.21. The van der Waals surface area contributed by atoms with Crippen LogP contribution in [0.3, 0.4) is 0 Å². The molecule has 0 aromatic carbocycles. The molecule has 1 aliphatic rings. The molecule has 1 fully saturated rings. The van der Waals surface area contributed by atoms with Gasteiger partial charge in [0.2, 0.25) is 11.8 Å². The molecule has 1 saturated heterocycles. The second kappa shape index (κ2) is 7.24. The number of piperidine rings is 1. The molecule has 0 aliphatic carbocycles. The lowest BCUT2D eigenvalue weighted by atomic mass is 9.96. The largest absolute Gasteiger partial charge is 0.481 e. The molecule has 1 aromatic heterocycles. The predicted octanol–water partition coefficient (Wildman–Crippen LogP) is 1.57. The monoisotopic (exact) mass is 292 g/mol. The standard InChI is InChI=1S/C15H24N4O2/c1-4-18(5-2)15(20)12-7-6-8-19(10-12)13-9-14(21-3)17-11-16-13/h9,11-12H,4-8,10H2,1-3H3/t12-/m0/s1. The number of hydrogen-bond acceptors (Lipinski definition) is 5. The fourth-order valence-electron chi connectivity index (χ4n) is 2.79. The van der Waals surface area contributed by atoms with Crippen LogP contribution in [-0.4, -0.2) is 54.1 Å². The molecule has 1 aliphatic heterocycles. The Balaban J connectivity index is 2.08. The van der Waals surface area contributed by atoms with Crippen molar-refractivity contribution in [3.8, 4) is 5.88 Å². The Morgan fingerprint density at radius 3 is 2.86 bits per heavy atom. The lowest BCUT2D eigenvalue weighted by molar-refractivity contribution is -0.135. The first-order valence-corrected chi connectivity index (χ1v) is 7.59. The van der Waals surface area contributed by atoms with Crippen LogP contribution in [0.4, 0.5) is 5.82 Å². The van der Waals surface area contributed by atoms with Gasteiger partial charge in [-0.25, -0.2) is 9.97 Å². The molecule has 0 bridgehead atoms. The van der Waals surface area contributed by atoms with E-state index in [-0.39, 0.29) is 11.8 Å². The SMILES string of the molecule is CCN(CC)C(=O)[C@H]1CCCN(c2cc(OC)ncn2)C1. The minimum Gasteiger partial charge on any atom is -0.481 e. The molecule has 21 heavy (non-hydrogen) atoms. The third-order valence-corrected chi connectivity index (χ3v) is 4.01. The first-order valence-electron chi connectivity index (χ1n) is 7.59. The van der Waals surface area contributed by atoms with Gasteiger partial charge in [0.05, 0.1) is 13.0 Å². The number of rotatable bonds is 5. The number of aromatic nitrogens is 2. The summed E-state index contributed by atoms with van der Waals surface area (Å²) in [6, 6.07) is 1.82. The van der Waals surface area contributed by atoms with Crippen LogP contribution in [0.1, 0.15) is 26.7 Å². The quantitative estimate of drug-likeness (QED) is 0.824. The van der Waals surface area contributed by atoms with Crippen molar-refractivity contribution in [3.63, 3.8) is 0 Å². The molecule has 1 amide bonds. The van der Waals surface area contributed by atoms with Crippen molar-refractivity contribution in [1.29, 1.82) is 0 Å². The summed E-state index contributed by atoms with van der Waals surface area (Å²) in [5, 5.41) is 0. The molecule has 6 nitrogen and oxygen atoms in total. The lowest BCUT2D eigenvalue weighted by Crippen LogP contribution is -2.45. The van der Waals surface area contributed by atoms with Gasteiger partial charge in [0.25, 0.3) is 0 Å². The highest BCUT2D eigenvalue weighted by molar-refractivity contribution is 5.79. The van der Waals surface area contributed by atoms with E-state index in [0.717, 1.165) is 44.8 Å². The number of nitrogens with zero attached hydrogens (tertiary/aromatic N) is 4. The van der Waals surface area contributed by atoms with E-state index in [1.165, 1.54) is 6.33 Å². The number of hydrogen-bond donors (Lipinski definition) is 0. The molecule has 116 valence electrons. The molecule has 1 aromatic rings. The van der Waals surface area contributed by atoms with Crippen LogP contribution in [0, 0.1) is 5.92 Å². The van der Waals surface area contributed by atoms with Crippen LogP contribution in [0.5, 0.6) is 5.88 Å². The Morgan fingerprint density at radius 1 is 1.43 bits per heavy atom. The van der Waals surface area contributed by atoms with Gasteiger partial charge in [-0.15, -0.1) is 0 Å². The lowest BCUT2D eigenvalue weighted by Gasteiger charge is -2.35. The Morgan fingerprint density at radius 2 is 2.19 bits per heavy atom. The smallest absolute Gasteiger partial charge is 0.227 e. The van der Waals surface area contributed by atoms with Crippen LogP contribution < -0.4 is 9.64 Å². The maximum Gasteiger partial charge on any atom is 0.227 e. The summed E-state index contributed by atoms with van der Waals surface area (Å²) in [5.74, 6) is 1.70. The van der Waals surface area contributed by atoms with Gasteiger partial charge in [0.15, 0.2) is 0 Å². The highest BCUT2D eigenvalue weighted by Crippen LogP contribution is 2.24. The Kier molecular flexibility index (Phi) is 5.36. The van der Waals surface area contributed by atoms with Gasteiger partial charge in [0, 0.05) is 32.2 Å². The van der Waals surface area contributed by atoms with Crippen LogP contribution in [0.15, 0.2) is 12.4 Å². The summed E-state index contributed by atoms with van der Waals surface area (Å²) in [6.07, 6.45) is 3.46. The van der Waals surface area contributed by atoms with Gasteiger partial charge in [-0.1, -0.05) is 0 Å². The molecule has 0 saturated carbocycles. The van der Waals surface area contributed by atoms with E-state index < -0.39 is 0 Å². The van der Waals surface area contributed by atoms with Crippen molar-refractivity contribution >= 4 is 11.7 Å². The fourth-order valence-corrected chi connectivity index (χ4v) is 2.79. The van der Waals surface area contributed by atoms with Crippen LogP contribution in [0.2, 0.25) is 0 Å². The fraction of sp³-hybridized carbons (Fsp3) is 0.667. The van der Waals surface area contributed by atoms with Crippen LogP contribution >= 0.6 is 0 Å². The number of anilines is 1. The predicted molar refractivity (Wildman–Crippen MR) is 81.4 cm³/mol. The zero-order valence-electron chi connectivity index (χ0n) is 13.1. The van der Waals surface area contributed by atoms with Gasteiger partial charge < -0.3 is 14.5 Å². The third kappa shape index (κ3) is 3.62. The minimum absolute atomic E-state index is 0.0552. The summed E-state index contributed by atoms with van der Waals surface area (Å²) in [5.41, 5.74) is 0. The van der Waals surface area contributed by atoms with E-state index >= 15 is 0 Å². The third-order valence-electron chi connectivity index (χ3n) is 4.01. The maximum atomic E-state index is 12.5. The number of amides is 1. The number of ether oxygens (including phenoxy) is 1. The van der Waals surface area contributed by atoms with Crippen LogP contribution in [-0.2, 0) is 4.79 Å². The number of methoxy groups -OCH3 is 1. The zero-order valence-corrected chi connectivity index (χ0v) is 13.1. The Labute approximate surface area is 126 Å². The number of carbonyl (C=O) groups excluding carboxylic acids is 1. The summed E-state index contributed by atoms with van der Waals surface area (Å²) in [7, 11) is 1.59. The molecule has 6 heteroatoms. The average Bonchev–Trinajstić information content (AvgIpc) is 2.56. The summed E-state index contributed by atoms with van der Waals surface area (Å²) < 4.78 is 5.14. The normalized spacial score (nSPS) is 18.4. The molecule has 2 rings (SSSR count). The molecule has 0 unspecified atom stereocenters. The number of carbonyl (C=O) groups is 1. The van der Waals surface area contributed by atoms with E-state index in [2.05, 4.69) is 14.9 Å². The Hall–Kier alpha value is -1.85. The van der Waals surface area contributed by atoms with Crippen LogP contribution in [0.25, 0.3) is 0 Å². The molecular formula is C15H24N4O2. The summed E-state index contributed by atoms with van der Waals surface area (Å²) >= 11 is 0. The van der Waals surface area contributed by atoms with Crippen molar-refractivity contribution in [2.24, 2.45) is 5.92 Å². The van der Waals surface area contributed by atoms with E-state index in [1.807, 2.05) is 24.8 Å². The van der Waals surface area contributed by atoms with Gasteiger partial charge in [0.1, 0.15) is 12.1 Å². The maximum absolute atomic E-state index is 12.5. The zero-order chi connectivity index (χ0) is 15.2. The Bertz CT molecular complexity index is 476. The summed E-state index contributed by atoms with van der Waals surface area (Å²) in [6.45, 7) is 7.23. The molecule has 2 heterocycles. The highest BCUT2D eigenvalue weighted by atomic mass is 16.5. The van der Waals surface area contributed by atoms with E-state index in [4.69, 9.17) is 4.74 Å².